The minimum atomic E-state index is -4.64. The average Bonchev–Trinajstić information content (AvgIpc) is 2.53. The average molecular weight is 332 g/mol. The highest BCUT2D eigenvalue weighted by Crippen LogP contribution is 2.30. The van der Waals surface area contributed by atoms with Crippen molar-refractivity contribution in [3.63, 3.8) is 0 Å². The summed E-state index contributed by atoms with van der Waals surface area (Å²) in [5, 5.41) is 11.9. The minimum absolute atomic E-state index is 0.0688. The second-order valence-electron chi connectivity index (χ2n) is 4.86. The third kappa shape index (κ3) is 4.99. The maximum absolute atomic E-state index is 9.45. The van der Waals surface area contributed by atoms with Crippen LogP contribution in [0.25, 0.3) is 21.9 Å². The molecule has 0 spiro atoms. The third-order valence-corrected chi connectivity index (χ3v) is 3.27. The zero-order valence-corrected chi connectivity index (χ0v) is 13.1. The van der Waals surface area contributed by atoms with Gasteiger partial charge in [0.1, 0.15) is 0 Å². The molecule has 0 atom stereocenters. The predicted octanol–water partition coefficient (Wildman–Crippen LogP) is 3.07. The van der Waals surface area contributed by atoms with Gasteiger partial charge in [-0.3, -0.25) is 0 Å². The molecule has 0 fully saturated rings. The largest absolute Gasteiger partial charge is 0.466 e. The quantitative estimate of drug-likeness (QED) is 0.541. The van der Waals surface area contributed by atoms with Crippen LogP contribution in [0, 0.1) is 0 Å². The van der Waals surface area contributed by atoms with Gasteiger partial charge in [0, 0.05) is 0 Å². The lowest BCUT2D eigenvalue weighted by atomic mass is 9.95. The molecule has 3 aromatic carbocycles. The van der Waals surface area contributed by atoms with E-state index in [2.05, 4.69) is 36.4 Å². The van der Waals surface area contributed by atoms with Gasteiger partial charge in [-0.15, -0.1) is 0 Å². The fraction of sp³-hybridized carbons (Fsp3) is 0.0588. The zero-order chi connectivity index (χ0) is 16.9. The van der Waals surface area contributed by atoms with Crippen LogP contribution >= 0.6 is 7.82 Å². The Morgan fingerprint density at radius 3 is 1.96 bits per heavy atom. The van der Waals surface area contributed by atoms with Crippen LogP contribution in [0.2, 0.25) is 0 Å². The van der Waals surface area contributed by atoms with Gasteiger partial charge in [0.25, 0.3) is 0 Å². The van der Waals surface area contributed by atoms with Gasteiger partial charge in [-0.2, -0.15) is 0 Å². The highest BCUT2D eigenvalue weighted by molar-refractivity contribution is 7.45. The molecule has 0 aliphatic heterocycles. The van der Waals surface area contributed by atoms with E-state index >= 15 is 0 Å². The number of hydrogen-bond donors (Lipinski definition) is 4. The standard InChI is InChI=1S/C17H14O.H3O4P/c18-12-14-7-2-4-10-16(14)17-11-5-8-13-6-1-3-9-15(13)17;1-5(2,3)4/h1-11,18H,12H2;(H3,1,2,3,4). The Kier molecular flexibility index (Phi) is 5.66. The van der Waals surface area contributed by atoms with Crippen molar-refractivity contribution in [2.75, 3.05) is 0 Å². The van der Waals surface area contributed by atoms with Gasteiger partial charge < -0.3 is 19.8 Å². The lowest BCUT2D eigenvalue weighted by Crippen LogP contribution is -1.89. The molecule has 3 rings (SSSR count). The van der Waals surface area contributed by atoms with Crippen LogP contribution in [0.4, 0.5) is 0 Å². The monoisotopic (exact) mass is 332 g/mol. The molecule has 0 aliphatic carbocycles. The molecule has 0 unspecified atom stereocenters. The van der Waals surface area contributed by atoms with E-state index in [0.717, 1.165) is 11.1 Å². The highest BCUT2D eigenvalue weighted by Gasteiger charge is 2.06. The maximum atomic E-state index is 9.45. The van der Waals surface area contributed by atoms with Gasteiger partial charge in [-0.1, -0.05) is 66.7 Å². The molecule has 0 saturated heterocycles. The number of fused-ring (bicyclic) bond motifs is 1. The van der Waals surface area contributed by atoms with E-state index in [9.17, 15) is 5.11 Å². The zero-order valence-electron chi connectivity index (χ0n) is 12.2. The molecule has 4 N–H and O–H groups in total. The Bertz CT molecular complexity index is 828. The lowest BCUT2D eigenvalue weighted by molar-refractivity contribution is 0.275. The van der Waals surface area contributed by atoms with Crippen LogP contribution in [0.3, 0.4) is 0 Å². The number of phosphoric acid groups is 1. The SMILES string of the molecule is O=P(O)(O)O.OCc1ccccc1-c1cccc2ccccc12. The van der Waals surface area contributed by atoms with Crippen molar-refractivity contribution in [1.29, 1.82) is 0 Å². The predicted molar refractivity (Wildman–Crippen MR) is 89.6 cm³/mol. The van der Waals surface area contributed by atoms with Gasteiger partial charge in [0.15, 0.2) is 0 Å². The number of aliphatic hydroxyl groups excluding tert-OH is 1. The van der Waals surface area contributed by atoms with E-state index in [1.807, 2.05) is 30.3 Å². The fourth-order valence-electron chi connectivity index (χ4n) is 2.38. The molecule has 120 valence electrons. The van der Waals surface area contributed by atoms with Crippen LogP contribution in [0.5, 0.6) is 0 Å². The summed E-state index contributed by atoms with van der Waals surface area (Å²) >= 11 is 0. The second-order valence-corrected chi connectivity index (χ2v) is 5.88. The van der Waals surface area contributed by atoms with E-state index in [0.29, 0.717) is 0 Å². The van der Waals surface area contributed by atoms with E-state index in [1.165, 1.54) is 16.3 Å². The van der Waals surface area contributed by atoms with Gasteiger partial charge >= 0.3 is 7.82 Å². The fourth-order valence-corrected chi connectivity index (χ4v) is 2.38. The van der Waals surface area contributed by atoms with Crippen molar-refractivity contribution in [2.24, 2.45) is 0 Å². The summed E-state index contributed by atoms with van der Waals surface area (Å²) in [6.45, 7) is 0.0688. The Hall–Kier alpha value is -2.01. The van der Waals surface area contributed by atoms with Crippen molar-refractivity contribution >= 4 is 18.6 Å². The topological polar surface area (TPSA) is 98.0 Å². The van der Waals surface area contributed by atoms with Crippen LogP contribution < -0.4 is 0 Å². The molecule has 0 heterocycles. The summed E-state index contributed by atoms with van der Waals surface area (Å²) in [6, 6.07) is 22.6. The van der Waals surface area contributed by atoms with Crippen molar-refractivity contribution in [2.45, 2.75) is 6.61 Å². The number of aliphatic hydroxyl groups is 1. The molecule has 0 amide bonds. The molecule has 6 heteroatoms. The Morgan fingerprint density at radius 2 is 1.26 bits per heavy atom. The van der Waals surface area contributed by atoms with Crippen molar-refractivity contribution < 1.29 is 24.4 Å². The minimum Gasteiger partial charge on any atom is -0.392 e. The maximum Gasteiger partial charge on any atom is 0.466 e. The van der Waals surface area contributed by atoms with E-state index in [1.54, 1.807) is 0 Å². The summed E-state index contributed by atoms with van der Waals surface area (Å²) in [5.41, 5.74) is 3.25. The van der Waals surface area contributed by atoms with E-state index in [-0.39, 0.29) is 6.61 Å². The normalized spacial score (nSPS) is 11.0. The van der Waals surface area contributed by atoms with Gasteiger partial charge in [-0.25, -0.2) is 4.57 Å². The second kappa shape index (κ2) is 7.51. The molecule has 23 heavy (non-hydrogen) atoms. The van der Waals surface area contributed by atoms with Gasteiger partial charge in [0.2, 0.25) is 0 Å². The molecule has 0 aromatic heterocycles. The van der Waals surface area contributed by atoms with Gasteiger partial charge in [0.05, 0.1) is 6.61 Å². The van der Waals surface area contributed by atoms with Crippen molar-refractivity contribution in [1.82, 2.24) is 0 Å². The summed E-state index contributed by atoms with van der Waals surface area (Å²) in [7, 11) is -4.64. The molecule has 3 aromatic rings. The molecule has 0 aliphatic rings. The molecular weight excluding hydrogens is 315 g/mol. The van der Waals surface area contributed by atoms with E-state index < -0.39 is 7.82 Å². The Labute approximate surface area is 133 Å². The third-order valence-electron chi connectivity index (χ3n) is 3.27. The molecular formula is C17H17O5P. The molecule has 0 bridgehead atoms. The number of benzene rings is 3. The summed E-state index contributed by atoms with van der Waals surface area (Å²) in [6.07, 6.45) is 0. The lowest BCUT2D eigenvalue weighted by Gasteiger charge is -2.10. The number of hydrogen-bond acceptors (Lipinski definition) is 2. The summed E-state index contributed by atoms with van der Waals surface area (Å²) in [4.78, 5) is 21.6. The molecule has 5 nitrogen and oxygen atoms in total. The van der Waals surface area contributed by atoms with Crippen LogP contribution in [-0.4, -0.2) is 19.8 Å². The Morgan fingerprint density at radius 1 is 0.739 bits per heavy atom. The van der Waals surface area contributed by atoms with Crippen LogP contribution in [0.1, 0.15) is 5.56 Å². The van der Waals surface area contributed by atoms with Crippen molar-refractivity contribution in [3.05, 3.63) is 72.3 Å². The van der Waals surface area contributed by atoms with Crippen molar-refractivity contribution in [3.8, 4) is 11.1 Å². The first kappa shape index (κ1) is 17.3. The molecule has 0 radical (unpaired) electrons. The van der Waals surface area contributed by atoms with Crippen LogP contribution in [0.15, 0.2) is 66.7 Å². The summed E-state index contributed by atoms with van der Waals surface area (Å²) < 4.78 is 8.88. The first-order chi connectivity index (χ1) is 10.9. The summed E-state index contributed by atoms with van der Waals surface area (Å²) in [5.74, 6) is 0. The molecule has 0 saturated carbocycles. The van der Waals surface area contributed by atoms with E-state index in [4.69, 9.17) is 19.2 Å². The first-order valence-corrected chi connectivity index (χ1v) is 8.42. The Balaban J connectivity index is 0.000000338. The number of rotatable bonds is 2. The highest BCUT2D eigenvalue weighted by atomic mass is 31.2. The first-order valence-electron chi connectivity index (χ1n) is 6.85. The smallest absolute Gasteiger partial charge is 0.392 e. The van der Waals surface area contributed by atoms with Crippen LogP contribution in [-0.2, 0) is 11.2 Å². The van der Waals surface area contributed by atoms with Gasteiger partial charge in [-0.05, 0) is 27.5 Å².